The van der Waals surface area contributed by atoms with Gasteiger partial charge in [0.2, 0.25) is 0 Å². The van der Waals surface area contributed by atoms with E-state index in [1.807, 2.05) is 24.5 Å². The molecule has 3 heterocycles. The maximum atomic E-state index is 4.49. The number of aromatic nitrogens is 3. The van der Waals surface area contributed by atoms with Gasteiger partial charge in [0.1, 0.15) is 0 Å². The predicted molar refractivity (Wildman–Crippen MR) is 81.6 cm³/mol. The highest BCUT2D eigenvalue weighted by molar-refractivity contribution is 5.98. The Kier molecular flexibility index (Phi) is 2.33. The molecule has 96 valence electrons. The molecule has 3 heteroatoms. The smallest absolute Gasteiger partial charge is 0.0892 e. The number of pyridine rings is 2. The SMILES string of the molecule is Cc1cccc2c(-c3cnc4cccnc4c3)c[nH]c12. The quantitative estimate of drug-likeness (QED) is 0.559. The van der Waals surface area contributed by atoms with Gasteiger partial charge >= 0.3 is 0 Å². The van der Waals surface area contributed by atoms with Gasteiger partial charge in [-0.3, -0.25) is 9.97 Å². The van der Waals surface area contributed by atoms with Gasteiger partial charge < -0.3 is 4.98 Å². The molecule has 3 aromatic heterocycles. The summed E-state index contributed by atoms with van der Waals surface area (Å²) in [6.07, 6.45) is 5.76. The van der Waals surface area contributed by atoms with Crippen LogP contribution in [0.2, 0.25) is 0 Å². The molecule has 4 aromatic rings. The van der Waals surface area contributed by atoms with Gasteiger partial charge in [0.05, 0.1) is 11.0 Å². The summed E-state index contributed by atoms with van der Waals surface area (Å²) in [5.41, 5.74) is 6.54. The van der Waals surface area contributed by atoms with Crippen molar-refractivity contribution < 1.29 is 0 Å². The molecule has 0 saturated carbocycles. The zero-order valence-electron chi connectivity index (χ0n) is 11.1. The van der Waals surface area contributed by atoms with Crippen molar-refractivity contribution in [3.8, 4) is 11.1 Å². The molecule has 0 saturated heterocycles. The van der Waals surface area contributed by atoms with E-state index in [2.05, 4.69) is 46.1 Å². The summed E-state index contributed by atoms with van der Waals surface area (Å²) in [5.74, 6) is 0. The average molecular weight is 259 g/mol. The summed E-state index contributed by atoms with van der Waals surface area (Å²) in [6, 6.07) is 12.3. The molecule has 0 spiro atoms. The van der Waals surface area contributed by atoms with Crippen LogP contribution in [0.5, 0.6) is 0 Å². The van der Waals surface area contributed by atoms with Gasteiger partial charge in [-0.25, -0.2) is 0 Å². The lowest BCUT2D eigenvalue weighted by atomic mass is 10.0. The van der Waals surface area contributed by atoms with E-state index < -0.39 is 0 Å². The molecule has 0 bridgehead atoms. The number of aryl methyl sites for hydroxylation is 1. The molecule has 0 radical (unpaired) electrons. The van der Waals surface area contributed by atoms with E-state index in [0.717, 1.165) is 16.6 Å². The van der Waals surface area contributed by atoms with E-state index in [4.69, 9.17) is 0 Å². The molecular formula is C17H13N3. The maximum absolute atomic E-state index is 4.49. The second kappa shape index (κ2) is 4.17. The molecule has 20 heavy (non-hydrogen) atoms. The molecule has 3 nitrogen and oxygen atoms in total. The van der Waals surface area contributed by atoms with Crippen molar-refractivity contribution in [2.75, 3.05) is 0 Å². The minimum Gasteiger partial charge on any atom is -0.360 e. The summed E-state index contributed by atoms with van der Waals surface area (Å²) in [7, 11) is 0. The topological polar surface area (TPSA) is 41.6 Å². The minimum atomic E-state index is 0.923. The number of hydrogen-bond donors (Lipinski definition) is 1. The molecule has 0 aliphatic rings. The summed E-state index contributed by atoms with van der Waals surface area (Å²) >= 11 is 0. The van der Waals surface area contributed by atoms with Crippen LogP contribution in [0.25, 0.3) is 33.1 Å². The normalized spacial score (nSPS) is 11.2. The molecule has 0 amide bonds. The third kappa shape index (κ3) is 1.60. The highest BCUT2D eigenvalue weighted by Gasteiger charge is 2.08. The number of aromatic amines is 1. The fraction of sp³-hybridized carbons (Fsp3) is 0.0588. The molecular weight excluding hydrogens is 246 g/mol. The second-order valence-corrected chi connectivity index (χ2v) is 4.97. The van der Waals surface area contributed by atoms with E-state index in [1.54, 1.807) is 6.20 Å². The third-order valence-electron chi connectivity index (χ3n) is 3.69. The van der Waals surface area contributed by atoms with Crippen LogP contribution in [0.4, 0.5) is 0 Å². The number of hydrogen-bond acceptors (Lipinski definition) is 2. The first kappa shape index (κ1) is 11.2. The van der Waals surface area contributed by atoms with Crippen LogP contribution in [-0.4, -0.2) is 15.0 Å². The first-order valence-corrected chi connectivity index (χ1v) is 6.61. The van der Waals surface area contributed by atoms with Crippen LogP contribution < -0.4 is 0 Å². The van der Waals surface area contributed by atoms with Gasteiger partial charge in [0, 0.05) is 40.6 Å². The van der Waals surface area contributed by atoms with Crippen LogP contribution in [0.15, 0.2) is 55.0 Å². The van der Waals surface area contributed by atoms with Crippen molar-refractivity contribution in [3.05, 3.63) is 60.6 Å². The minimum absolute atomic E-state index is 0.923. The standard InChI is InChI=1S/C17H13N3/c1-11-4-2-5-13-14(10-20-17(11)13)12-8-16-15(19-9-12)6-3-7-18-16/h2-10,20H,1H3. The van der Waals surface area contributed by atoms with Gasteiger partial charge in [-0.1, -0.05) is 18.2 Å². The first-order chi connectivity index (χ1) is 9.83. The van der Waals surface area contributed by atoms with Crippen molar-refractivity contribution >= 4 is 21.9 Å². The Hall–Kier alpha value is -2.68. The lowest BCUT2D eigenvalue weighted by Crippen LogP contribution is -1.84. The maximum Gasteiger partial charge on any atom is 0.0892 e. The van der Waals surface area contributed by atoms with Gasteiger partial charge in [0.15, 0.2) is 0 Å². The monoisotopic (exact) mass is 259 g/mol. The highest BCUT2D eigenvalue weighted by Crippen LogP contribution is 2.30. The number of benzene rings is 1. The molecule has 0 aliphatic carbocycles. The Morgan fingerprint density at radius 1 is 1.00 bits per heavy atom. The number of rotatable bonds is 1. The molecule has 0 atom stereocenters. The molecule has 0 fully saturated rings. The van der Waals surface area contributed by atoms with Gasteiger partial charge in [-0.2, -0.15) is 0 Å². The zero-order valence-corrected chi connectivity index (χ0v) is 11.1. The average Bonchev–Trinajstić information content (AvgIpc) is 2.92. The second-order valence-electron chi connectivity index (χ2n) is 4.97. The summed E-state index contributed by atoms with van der Waals surface area (Å²) < 4.78 is 0. The molecule has 1 N–H and O–H groups in total. The van der Waals surface area contributed by atoms with Crippen molar-refractivity contribution in [1.82, 2.24) is 15.0 Å². The van der Waals surface area contributed by atoms with Gasteiger partial charge in [0.25, 0.3) is 0 Å². The van der Waals surface area contributed by atoms with E-state index in [1.165, 1.54) is 22.0 Å². The molecule has 0 aliphatic heterocycles. The van der Waals surface area contributed by atoms with Gasteiger partial charge in [-0.05, 0) is 30.7 Å². The van der Waals surface area contributed by atoms with E-state index in [-0.39, 0.29) is 0 Å². The largest absolute Gasteiger partial charge is 0.360 e. The Morgan fingerprint density at radius 3 is 2.90 bits per heavy atom. The van der Waals surface area contributed by atoms with E-state index >= 15 is 0 Å². The highest BCUT2D eigenvalue weighted by atomic mass is 14.7. The fourth-order valence-corrected chi connectivity index (χ4v) is 2.65. The van der Waals surface area contributed by atoms with Gasteiger partial charge in [-0.15, -0.1) is 0 Å². The van der Waals surface area contributed by atoms with Crippen LogP contribution in [0.1, 0.15) is 5.56 Å². The Labute approximate surface area is 116 Å². The molecule has 4 rings (SSSR count). The summed E-state index contributed by atoms with van der Waals surface area (Å²) in [6.45, 7) is 2.11. The van der Waals surface area contributed by atoms with Crippen LogP contribution in [0, 0.1) is 6.92 Å². The lowest BCUT2D eigenvalue weighted by Gasteiger charge is -2.02. The number of nitrogens with zero attached hydrogens (tertiary/aromatic N) is 2. The Morgan fingerprint density at radius 2 is 1.95 bits per heavy atom. The van der Waals surface area contributed by atoms with Crippen LogP contribution in [0.3, 0.4) is 0 Å². The number of H-pyrrole nitrogens is 1. The predicted octanol–water partition coefficient (Wildman–Crippen LogP) is 4.09. The Balaban J connectivity index is 1.99. The van der Waals surface area contributed by atoms with E-state index in [9.17, 15) is 0 Å². The number of fused-ring (bicyclic) bond motifs is 2. The first-order valence-electron chi connectivity index (χ1n) is 6.61. The van der Waals surface area contributed by atoms with Crippen molar-refractivity contribution in [1.29, 1.82) is 0 Å². The molecule has 0 unspecified atom stereocenters. The lowest BCUT2D eigenvalue weighted by molar-refractivity contribution is 1.34. The zero-order chi connectivity index (χ0) is 13.5. The molecule has 1 aromatic carbocycles. The van der Waals surface area contributed by atoms with Crippen molar-refractivity contribution in [3.63, 3.8) is 0 Å². The van der Waals surface area contributed by atoms with Crippen LogP contribution in [-0.2, 0) is 0 Å². The summed E-state index contributed by atoms with van der Waals surface area (Å²) in [5, 5.41) is 1.22. The van der Waals surface area contributed by atoms with Crippen molar-refractivity contribution in [2.45, 2.75) is 6.92 Å². The number of nitrogens with one attached hydrogen (secondary N) is 1. The van der Waals surface area contributed by atoms with Crippen molar-refractivity contribution in [2.24, 2.45) is 0 Å². The van der Waals surface area contributed by atoms with Crippen LogP contribution >= 0.6 is 0 Å². The van der Waals surface area contributed by atoms with E-state index in [0.29, 0.717) is 0 Å². The summed E-state index contributed by atoms with van der Waals surface area (Å²) in [4.78, 5) is 12.2. The third-order valence-corrected chi connectivity index (χ3v) is 3.69. The Bertz CT molecular complexity index is 922. The number of para-hydroxylation sites is 1. The fourth-order valence-electron chi connectivity index (χ4n) is 2.65.